The molecule has 2 heterocycles. The molecule has 0 bridgehead atoms. The summed E-state index contributed by atoms with van der Waals surface area (Å²) in [6.07, 6.45) is 0. The zero-order valence-electron chi connectivity index (χ0n) is 14.9. The number of hydrogen-bond donors (Lipinski definition) is 0. The van der Waals surface area contributed by atoms with Crippen LogP contribution in [0.15, 0.2) is 45.3 Å². The van der Waals surface area contributed by atoms with Crippen molar-refractivity contribution in [3.63, 3.8) is 0 Å². The van der Waals surface area contributed by atoms with Crippen LogP contribution in [0.1, 0.15) is 11.8 Å². The highest BCUT2D eigenvalue weighted by Crippen LogP contribution is 2.25. The molecular weight excluding hydrogens is 468 g/mol. The highest BCUT2D eigenvalue weighted by molar-refractivity contribution is 9.11. The largest absolute Gasteiger partial charge is 0.337 e. The van der Waals surface area contributed by atoms with E-state index in [1.165, 1.54) is 11.8 Å². The quantitative estimate of drug-likeness (QED) is 0.437. The van der Waals surface area contributed by atoms with Crippen LogP contribution < -0.4 is 0 Å². The average Bonchev–Trinajstić information content (AvgIpc) is 3.24. The third-order valence-corrected chi connectivity index (χ3v) is 6.84. The Morgan fingerprint density at radius 1 is 1.26 bits per heavy atom. The number of amides is 1. The van der Waals surface area contributed by atoms with E-state index in [0.29, 0.717) is 29.0 Å². The summed E-state index contributed by atoms with van der Waals surface area (Å²) in [6, 6.07) is 11.5. The molecule has 1 amide bonds. The van der Waals surface area contributed by atoms with Gasteiger partial charge < -0.3 is 9.47 Å². The normalized spacial score (nSPS) is 11.0. The molecular formula is C18H18BrClN4OS2. The second kappa shape index (κ2) is 9.23. The van der Waals surface area contributed by atoms with Crippen LogP contribution in [0.5, 0.6) is 0 Å². The van der Waals surface area contributed by atoms with Gasteiger partial charge in [0.05, 0.1) is 16.1 Å². The number of halogens is 2. The maximum absolute atomic E-state index is 12.6. The van der Waals surface area contributed by atoms with Gasteiger partial charge in [-0.25, -0.2) is 0 Å². The summed E-state index contributed by atoms with van der Waals surface area (Å²) >= 11 is 12.4. The van der Waals surface area contributed by atoms with E-state index in [1.807, 2.05) is 59.8 Å². The number of aromatic nitrogens is 3. The summed E-state index contributed by atoms with van der Waals surface area (Å²) in [5.41, 5.74) is 0.936. The van der Waals surface area contributed by atoms with Gasteiger partial charge in [-0.1, -0.05) is 23.4 Å². The van der Waals surface area contributed by atoms with Crippen LogP contribution >= 0.6 is 50.6 Å². The number of thioether (sulfide) groups is 1. The van der Waals surface area contributed by atoms with E-state index in [2.05, 4.69) is 26.1 Å². The first-order valence-electron chi connectivity index (χ1n) is 8.28. The molecule has 142 valence electrons. The summed E-state index contributed by atoms with van der Waals surface area (Å²) in [4.78, 5) is 15.6. The molecule has 0 fully saturated rings. The summed E-state index contributed by atoms with van der Waals surface area (Å²) < 4.78 is 2.97. The van der Waals surface area contributed by atoms with Crippen molar-refractivity contribution in [3.05, 3.63) is 50.1 Å². The Morgan fingerprint density at radius 2 is 2.00 bits per heavy atom. The van der Waals surface area contributed by atoms with Gasteiger partial charge in [0.1, 0.15) is 0 Å². The van der Waals surface area contributed by atoms with Crippen LogP contribution in [-0.2, 0) is 18.4 Å². The Bertz CT molecular complexity index is 926. The van der Waals surface area contributed by atoms with E-state index in [-0.39, 0.29) is 5.91 Å². The summed E-state index contributed by atoms with van der Waals surface area (Å²) in [5, 5.41) is 9.87. The average molecular weight is 486 g/mol. The van der Waals surface area contributed by atoms with Crippen molar-refractivity contribution < 1.29 is 4.79 Å². The van der Waals surface area contributed by atoms with Gasteiger partial charge in [0.15, 0.2) is 11.0 Å². The molecule has 0 aliphatic rings. The molecule has 0 aliphatic heterocycles. The lowest BCUT2D eigenvalue weighted by Crippen LogP contribution is -2.31. The smallest absolute Gasteiger partial charge is 0.233 e. The number of carbonyl (C=O) groups excluding carboxylic acids is 1. The molecule has 9 heteroatoms. The maximum atomic E-state index is 12.6. The first-order chi connectivity index (χ1) is 13.0. The van der Waals surface area contributed by atoms with Crippen LogP contribution in [0.3, 0.4) is 0 Å². The van der Waals surface area contributed by atoms with Gasteiger partial charge in [0.25, 0.3) is 0 Å². The minimum atomic E-state index is 0.0862. The van der Waals surface area contributed by atoms with Crippen molar-refractivity contribution in [1.82, 2.24) is 19.7 Å². The van der Waals surface area contributed by atoms with Crippen molar-refractivity contribution in [1.29, 1.82) is 0 Å². The van der Waals surface area contributed by atoms with Crippen LogP contribution in [0, 0.1) is 0 Å². The monoisotopic (exact) mass is 484 g/mol. The third kappa shape index (κ3) is 5.13. The van der Waals surface area contributed by atoms with E-state index in [4.69, 9.17) is 11.6 Å². The SMILES string of the molecule is CCN(Cc1ccc(Br)s1)C(=O)CSc1nnc(-c2ccc(Cl)cc2)n1C. The number of carbonyl (C=O) groups is 1. The van der Waals surface area contributed by atoms with Gasteiger partial charge in [-0.3, -0.25) is 4.79 Å². The molecule has 1 aromatic carbocycles. The number of benzene rings is 1. The highest BCUT2D eigenvalue weighted by Gasteiger charge is 2.17. The number of nitrogens with zero attached hydrogens (tertiary/aromatic N) is 4. The molecule has 2 aromatic heterocycles. The van der Waals surface area contributed by atoms with Crippen molar-refractivity contribution in [2.45, 2.75) is 18.6 Å². The van der Waals surface area contributed by atoms with Gasteiger partial charge >= 0.3 is 0 Å². The van der Waals surface area contributed by atoms with Crippen LogP contribution in [-0.4, -0.2) is 37.9 Å². The fourth-order valence-electron chi connectivity index (χ4n) is 2.51. The molecule has 0 saturated carbocycles. The summed E-state index contributed by atoms with van der Waals surface area (Å²) in [5.74, 6) is 1.16. The minimum absolute atomic E-state index is 0.0862. The first kappa shape index (κ1) is 20.4. The Balaban J connectivity index is 1.63. The van der Waals surface area contributed by atoms with Crippen molar-refractivity contribution >= 4 is 56.5 Å². The molecule has 5 nitrogen and oxygen atoms in total. The van der Waals surface area contributed by atoms with Crippen molar-refractivity contribution in [2.75, 3.05) is 12.3 Å². The Hall–Kier alpha value is -1.35. The van der Waals surface area contributed by atoms with E-state index >= 15 is 0 Å². The predicted octanol–water partition coefficient (Wildman–Crippen LogP) is 5.10. The second-order valence-electron chi connectivity index (χ2n) is 5.77. The Morgan fingerprint density at radius 3 is 2.63 bits per heavy atom. The second-order valence-corrected chi connectivity index (χ2v) is 9.70. The van der Waals surface area contributed by atoms with E-state index < -0.39 is 0 Å². The Kier molecular flexibility index (Phi) is 6.97. The van der Waals surface area contributed by atoms with Gasteiger partial charge in [0.2, 0.25) is 5.91 Å². The molecule has 0 unspecified atom stereocenters. The summed E-state index contributed by atoms with van der Waals surface area (Å²) in [6.45, 7) is 3.29. The fourth-order valence-corrected chi connectivity index (χ4v) is 4.95. The molecule has 3 aromatic rings. The number of hydrogen-bond acceptors (Lipinski definition) is 5. The van der Waals surface area contributed by atoms with Gasteiger partial charge in [0, 0.05) is 29.1 Å². The topological polar surface area (TPSA) is 51.0 Å². The maximum Gasteiger partial charge on any atom is 0.233 e. The molecule has 3 rings (SSSR count). The van der Waals surface area contributed by atoms with E-state index in [1.54, 1.807) is 11.3 Å². The zero-order chi connectivity index (χ0) is 19.4. The van der Waals surface area contributed by atoms with Crippen LogP contribution in [0.25, 0.3) is 11.4 Å². The fraction of sp³-hybridized carbons (Fsp3) is 0.278. The van der Waals surface area contributed by atoms with E-state index in [0.717, 1.165) is 20.1 Å². The number of thiophene rings is 1. The minimum Gasteiger partial charge on any atom is -0.337 e. The molecule has 0 N–H and O–H groups in total. The zero-order valence-corrected chi connectivity index (χ0v) is 18.8. The summed E-state index contributed by atoms with van der Waals surface area (Å²) in [7, 11) is 1.90. The molecule has 0 atom stereocenters. The van der Waals surface area contributed by atoms with E-state index in [9.17, 15) is 4.79 Å². The molecule has 27 heavy (non-hydrogen) atoms. The lowest BCUT2D eigenvalue weighted by atomic mass is 10.2. The van der Waals surface area contributed by atoms with Gasteiger partial charge in [-0.15, -0.1) is 21.5 Å². The lowest BCUT2D eigenvalue weighted by molar-refractivity contribution is -0.128. The lowest BCUT2D eigenvalue weighted by Gasteiger charge is -2.19. The van der Waals surface area contributed by atoms with Crippen molar-refractivity contribution in [2.24, 2.45) is 7.05 Å². The molecule has 0 saturated heterocycles. The first-order valence-corrected chi connectivity index (χ1v) is 11.3. The highest BCUT2D eigenvalue weighted by atomic mass is 79.9. The number of rotatable bonds is 7. The standard InChI is InChI=1S/C18H18BrClN4OS2/c1-3-24(10-14-8-9-15(19)27-14)16(25)11-26-18-22-21-17(23(18)2)12-4-6-13(20)7-5-12/h4-9H,3,10-11H2,1-2H3. The van der Waals surface area contributed by atoms with Gasteiger partial charge in [-0.05, 0) is 59.3 Å². The van der Waals surface area contributed by atoms with Gasteiger partial charge in [-0.2, -0.15) is 0 Å². The molecule has 0 aliphatic carbocycles. The molecule has 0 spiro atoms. The third-order valence-electron chi connectivity index (χ3n) is 3.97. The van der Waals surface area contributed by atoms with Crippen LogP contribution in [0.2, 0.25) is 5.02 Å². The van der Waals surface area contributed by atoms with Crippen molar-refractivity contribution in [3.8, 4) is 11.4 Å². The predicted molar refractivity (Wildman–Crippen MR) is 115 cm³/mol. The Labute approximate surface area is 179 Å². The van der Waals surface area contributed by atoms with Crippen LogP contribution in [0.4, 0.5) is 0 Å². The molecule has 0 radical (unpaired) electrons.